The molecule has 0 saturated heterocycles. The predicted molar refractivity (Wildman–Crippen MR) is 69.7 cm³/mol. The van der Waals surface area contributed by atoms with Gasteiger partial charge in [0.05, 0.1) is 4.88 Å². The molecule has 80 valence electrons. The number of hydrogen-bond acceptors (Lipinski definition) is 3. The molecule has 1 aromatic heterocycles. The van der Waals surface area contributed by atoms with E-state index in [0.717, 1.165) is 17.0 Å². The average molecular weight is 236 g/mol. The number of benzene rings is 1. The Balaban J connectivity index is 2.08. The Hall–Kier alpha value is -2.00. The van der Waals surface area contributed by atoms with Gasteiger partial charge in [0.2, 0.25) is 0 Å². The standard InChI is InChI=1S/C14H8N2S/c1-2-5-10-9(4-1)8-11-13(10)15-16-14(11)12-6-3-7-17-12/h1-8H. The first-order chi connectivity index (χ1) is 8.43. The summed E-state index contributed by atoms with van der Waals surface area (Å²) in [4.78, 5) is 1.18. The Bertz CT molecular complexity index is 780. The van der Waals surface area contributed by atoms with Crippen LogP contribution in [0.25, 0.3) is 17.5 Å². The molecule has 17 heavy (non-hydrogen) atoms. The maximum absolute atomic E-state index is 4.32. The van der Waals surface area contributed by atoms with Crippen LogP contribution in [0.2, 0.25) is 0 Å². The fraction of sp³-hybridized carbons (Fsp3) is 0. The van der Waals surface area contributed by atoms with Crippen molar-refractivity contribution in [2.45, 2.75) is 0 Å². The summed E-state index contributed by atoms with van der Waals surface area (Å²) in [5.74, 6) is 0. The SMILES string of the molecule is C1=c2ccccc2=C2N=NC(c3cccs3)=C12. The van der Waals surface area contributed by atoms with Crippen molar-refractivity contribution in [1.82, 2.24) is 0 Å². The molecule has 1 aliphatic carbocycles. The summed E-state index contributed by atoms with van der Waals surface area (Å²) in [7, 11) is 0. The van der Waals surface area contributed by atoms with E-state index in [1.54, 1.807) is 11.3 Å². The van der Waals surface area contributed by atoms with Crippen LogP contribution in [0.1, 0.15) is 4.88 Å². The first-order valence-electron chi connectivity index (χ1n) is 5.45. The lowest BCUT2D eigenvalue weighted by molar-refractivity contribution is 1.30. The molecule has 0 spiro atoms. The molecule has 1 aliphatic heterocycles. The van der Waals surface area contributed by atoms with Gasteiger partial charge >= 0.3 is 0 Å². The zero-order valence-corrected chi connectivity index (χ0v) is 9.74. The van der Waals surface area contributed by atoms with Gasteiger partial charge in [0.15, 0.2) is 0 Å². The van der Waals surface area contributed by atoms with Crippen LogP contribution in [0.3, 0.4) is 0 Å². The number of fused-ring (bicyclic) bond motifs is 2. The highest BCUT2D eigenvalue weighted by molar-refractivity contribution is 7.11. The fourth-order valence-corrected chi connectivity index (χ4v) is 2.97. The van der Waals surface area contributed by atoms with Gasteiger partial charge in [-0.3, -0.25) is 0 Å². The summed E-state index contributed by atoms with van der Waals surface area (Å²) in [6.45, 7) is 0. The van der Waals surface area contributed by atoms with Gasteiger partial charge < -0.3 is 0 Å². The summed E-state index contributed by atoms with van der Waals surface area (Å²) in [6.07, 6.45) is 2.18. The molecule has 0 radical (unpaired) electrons. The van der Waals surface area contributed by atoms with Crippen LogP contribution < -0.4 is 10.4 Å². The largest absolute Gasteiger partial charge is 0.149 e. The van der Waals surface area contributed by atoms with E-state index in [-0.39, 0.29) is 0 Å². The number of rotatable bonds is 1. The van der Waals surface area contributed by atoms with Crippen LogP contribution in [0.4, 0.5) is 0 Å². The smallest absolute Gasteiger partial charge is 0.112 e. The third-order valence-corrected chi connectivity index (χ3v) is 3.91. The van der Waals surface area contributed by atoms with Gasteiger partial charge in [0.25, 0.3) is 0 Å². The molecule has 0 saturated carbocycles. The normalized spacial score (nSPS) is 16.1. The third kappa shape index (κ3) is 1.20. The molecule has 2 aliphatic rings. The maximum atomic E-state index is 4.32. The summed E-state index contributed by atoms with van der Waals surface area (Å²) in [5, 5.41) is 13.1. The van der Waals surface area contributed by atoms with E-state index in [2.05, 4.69) is 46.0 Å². The van der Waals surface area contributed by atoms with E-state index in [4.69, 9.17) is 0 Å². The molecule has 0 N–H and O–H groups in total. The Morgan fingerprint density at radius 2 is 1.76 bits per heavy atom. The van der Waals surface area contributed by atoms with Gasteiger partial charge in [-0.25, -0.2) is 0 Å². The minimum atomic E-state index is 1.01. The van der Waals surface area contributed by atoms with E-state index in [9.17, 15) is 0 Å². The maximum Gasteiger partial charge on any atom is 0.112 e. The van der Waals surface area contributed by atoms with E-state index in [0.29, 0.717) is 0 Å². The van der Waals surface area contributed by atoms with Crippen molar-refractivity contribution in [2.75, 3.05) is 0 Å². The number of thiophene rings is 1. The molecule has 0 amide bonds. The molecule has 0 bridgehead atoms. The second-order valence-corrected chi connectivity index (χ2v) is 4.97. The predicted octanol–water partition coefficient (Wildman–Crippen LogP) is 2.53. The highest BCUT2D eigenvalue weighted by Crippen LogP contribution is 2.36. The van der Waals surface area contributed by atoms with Crippen LogP contribution in [-0.2, 0) is 0 Å². The van der Waals surface area contributed by atoms with Gasteiger partial charge in [-0.1, -0.05) is 30.3 Å². The Morgan fingerprint density at radius 3 is 2.65 bits per heavy atom. The molecule has 0 unspecified atom stereocenters. The lowest BCUT2D eigenvalue weighted by atomic mass is 10.1. The number of hydrogen-bond donors (Lipinski definition) is 0. The quantitative estimate of drug-likeness (QED) is 0.727. The molecule has 2 nitrogen and oxygen atoms in total. The summed E-state index contributed by atoms with van der Waals surface area (Å²) < 4.78 is 0. The zero-order valence-electron chi connectivity index (χ0n) is 8.92. The zero-order chi connectivity index (χ0) is 11.2. The number of nitrogens with zero attached hydrogens (tertiary/aromatic N) is 2. The lowest BCUT2D eigenvalue weighted by Crippen LogP contribution is -2.21. The average Bonchev–Trinajstić information content (AvgIpc) is 3.04. The third-order valence-electron chi connectivity index (χ3n) is 3.03. The van der Waals surface area contributed by atoms with Crippen LogP contribution in [0, 0.1) is 0 Å². The first kappa shape index (κ1) is 9.07. The highest BCUT2D eigenvalue weighted by atomic mass is 32.1. The molecular weight excluding hydrogens is 228 g/mol. The molecule has 3 heteroatoms. The van der Waals surface area contributed by atoms with Gasteiger partial charge in [-0.2, -0.15) is 0 Å². The number of azo groups is 1. The first-order valence-corrected chi connectivity index (χ1v) is 6.33. The fourth-order valence-electron chi connectivity index (χ4n) is 2.24. The van der Waals surface area contributed by atoms with Gasteiger partial charge in [-0.05, 0) is 22.7 Å². The minimum absolute atomic E-state index is 1.01. The van der Waals surface area contributed by atoms with Crippen molar-refractivity contribution >= 4 is 28.8 Å². The van der Waals surface area contributed by atoms with Crippen molar-refractivity contribution in [2.24, 2.45) is 10.2 Å². The minimum Gasteiger partial charge on any atom is -0.149 e. The van der Waals surface area contributed by atoms with Crippen molar-refractivity contribution < 1.29 is 0 Å². The molecule has 2 heterocycles. The second kappa shape index (κ2) is 3.25. The molecular formula is C14H8N2S. The summed E-state index contributed by atoms with van der Waals surface area (Å²) >= 11 is 1.70. The molecule has 2 aromatic rings. The van der Waals surface area contributed by atoms with Gasteiger partial charge in [-0.15, -0.1) is 21.6 Å². The van der Waals surface area contributed by atoms with E-state index in [1.165, 1.54) is 15.3 Å². The van der Waals surface area contributed by atoms with Crippen LogP contribution in [0.5, 0.6) is 0 Å². The highest BCUT2D eigenvalue weighted by Gasteiger charge is 2.22. The molecule has 1 aromatic carbocycles. The topological polar surface area (TPSA) is 24.7 Å². The van der Waals surface area contributed by atoms with E-state index < -0.39 is 0 Å². The Morgan fingerprint density at radius 1 is 0.882 bits per heavy atom. The van der Waals surface area contributed by atoms with Crippen molar-refractivity contribution in [3.63, 3.8) is 0 Å². The molecule has 0 fully saturated rings. The molecule has 4 rings (SSSR count). The van der Waals surface area contributed by atoms with Crippen molar-refractivity contribution in [3.05, 3.63) is 62.7 Å². The van der Waals surface area contributed by atoms with Crippen molar-refractivity contribution in [1.29, 1.82) is 0 Å². The van der Waals surface area contributed by atoms with Crippen LogP contribution in [0.15, 0.2) is 57.6 Å². The van der Waals surface area contributed by atoms with Gasteiger partial charge in [0.1, 0.15) is 11.4 Å². The van der Waals surface area contributed by atoms with E-state index >= 15 is 0 Å². The summed E-state index contributed by atoms with van der Waals surface area (Å²) in [5.41, 5.74) is 3.18. The van der Waals surface area contributed by atoms with E-state index in [1.807, 2.05) is 12.1 Å². The van der Waals surface area contributed by atoms with Crippen LogP contribution >= 0.6 is 11.3 Å². The van der Waals surface area contributed by atoms with Crippen molar-refractivity contribution in [3.8, 4) is 0 Å². The Kier molecular flexibility index (Phi) is 1.73. The molecule has 0 atom stereocenters. The lowest BCUT2D eigenvalue weighted by Gasteiger charge is -1.93. The monoisotopic (exact) mass is 236 g/mol. The summed E-state index contributed by atoms with van der Waals surface area (Å²) in [6, 6.07) is 12.5. The van der Waals surface area contributed by atoms with Crippen LogP contribution in [-0.4, -0.2) is 0 Å². The Labute approximate surface area is 102 Å². The van der Waals surface area contributed by atoms with Gasteiger partial charge in [0, 0.05) is 10.8 Å². The second-order valence-electron chi connectivity index (χ2n) is 4.02.